The average molecular weight is 340 g/mol. The van der Waals surface area contributed by atoms with E-state index >= 15 is 0 Å². The van der Waals surface area contributed by atoms with Crippen molar-refractivity contribution in [2.24, 2.45) is 0 Å². The zero-order chi connectivity index (χ0) is 17.8. The number of nitrogens with zero attached hydrogens (tertiary/aromatic N) is 4. The molecule has 0 N–H and O–H groups in total. The highest BCUT2D eigenvalue weighted by Gasteiger charge is 2.36. The third-order valence-corrected chi connectivity index (χ3v) is 2.46. The molecule has 0 radical (unpaired) electrons. The summed E-state index contributed by atoms with van der Waals surface area (Å²) in [5, 5.41) is 3.40. The largest absolute Gasteiger partial charge is 0.419 e. The van der Waals surface area contributed by atoms with Gasteiger partial charge in [-0.2, -0.15) is 31.4 Å². The molecule has 0 saturated carbocycles. The quantitative estimate of drug-likeness (QED) is 0.768. The molecule has 0 aliphatic carbocycles. The van der Waals surface area contributed by atoms with Crippen molar-refractivity contribution in [2.75, 3.05) is 0 Å². The zero-order valence-corrected chi connectivity index (χ0v) is 12.5. The van der Waals surface area contributed by atoms with Crippen LogP contribution in [0, 0.1) is 6.92 Å². The van der Waals surface area contributed by atoms with Crippen molar-refractivity contribution < 1.29 is 26.3 Å². The van der Waals surface area contributed by atoms with Gasteiger partial charge in [0.1, 0.15) is 17.9 Å². The third kappa shape index (κ3) is 5.22. The van der Waals surface area contributed by atoms with Crippen LogP contribution < -0.4 is 0 Å². The van der Waals surface area contributed by atoms with E-state index in [1.165, 1.54) is 6.92 Å². The number of rotatable bonds is 2. The van der Waals surface area contributed by atoms with E-state index in [0.717, 1.165) is 12.4 Å². The Labute approximate surface area is 128 Å². The van der Waals surface area contributed by atoms with E-state index in [9.17, 15) is 26.3 Å². The Bertz CT molecular complexity index is 645. The molecule has 2 rings (SSSR count). The number of aromatic nitrogens is 4. The molecule has 0 fully saturated rings. The Balaban J connectivity index is 0.00000127. The van der Waals surface area contributed by atoms with Gasteiger partial charge in [-0.25, -0.2) is 9.97 Å². The molecule has 2 aromatic rings. The fraction of sp³-hybridized carbons (Fsp3) is 0.462. The van der Waals surface area contributed by atoms with E-state index in [1.54, 1.807) is 0 Å². The van der Waals surface area contributed by atoms with Crippen molar-refractivity contribution in [3.8, 4) is 11.3 Å². The Morgan fingerprint density at radius 3 is 2.17 bits per heavy atom. The Kier molecular flexibility index (Phi) is 5.73. The first-order chi connectivity index (χ1) is 10.6. The summed E-state index contributed by atoms with van der Waals surface area (Å²) < 4.78 is 75.7. The molecule has 0 aliphatic rings. The molecule has 23 heavy (non-hydrogen) atoms. The minimum atomic E-state index is -4.71. The van der Waals surface area contributed by atoms with Crippen LogP contribution in [0.15, 0.2) is 18.6 Å². The van der Waals surface area contributed by atoms with Crippen molar-refractivity contribution in [2.45, 2.75) is 39.7 Å². The molecular formula is C13H14F6N4. The Morgan fingerprint density at radius 2 is 1.65 bits per heavy atom. The molecule has 0 aliphatic heterocycles. The number of halogens is 6. The fourth-order valence-electron chi connectivity index (χ4n) is 1.65. The van der Waals surface area contributed by atoms with Crippen molar-refractivity contribution in [1.82, 2.24) is 19.7 Å². The summed E-state index contributed by atoms with van der Waals surface area (Å²) in [5.41, 5.74) is -1.78. The van der Waals surface area contributed by atoms with E-state index in [4.69, 9.17) is 0 Å². The van der Waals surface area contributed by atoms with E-state index in [1.807, 2.05) is 13.8 Å². The SMILES string of the molecule is CC.Cc1ncc(C(F)(F)F)c(-c2cnn(CC(F)(F)F)c2)n1. The van der Waals surface area contributed by atoms with Gasteiger partial charge in [0.2, 0.25) is 0 Å². The maximum Gasteiger partial charge on any atom is 0.419 e. The molecule has 0 amide bonds. The summed E-state index contributed by atoms with van der Waals surface area (Å²) in [5.74, 6) is 0.0709. The van der Waals surface area contributed by atoms with Gasteiger partial charge in [-0.3, -0.25) is 4.68 Å². The van der Waals surface area contributed by atoms with Crippen LogP contribution >= 0.6 is 0 Å². The molecule has 0 aromatic carbocycles. The Hall–Kier alpha value is -2.13. The molecule has 0 spiro atoms. The topological polar surface area (TPSA) is 43.6 Å². The third-order valence-electron chi connectivity index (χ3n) is 2.46. The van der Waals surface area contributed by atoms with Crippen molar-refractivity contribution in [3.63, 3.8) is 0 Å². The van der Waals surface area contributed by atoms with Gasteiger partial charge in [-0.1, -0.05) is 13.8 Å². The predicted molar refractivity (Wildman–Crippen MR) is 70.4 cm³/mol. The standard InChI is InChI=1S/C11H8F6N4.C2H6/c1-6-18-3-8(11(15,16)17)9(20-6)7-2-19-21(4-7)5-10(12,13)14;1-2/h2-4H,5H2,1H3;1-2H3. The summed E-state index contributed by atoms with van der Waals surface area (Å²) in [7, 11) is 0. The van der Waals surface area contributed by atoms with Crippen LogP contribution in [-0.4, -0.2) is 25.9 Å². The van der Waals surface area contributed by atoms with Gasteiger partial charge >= 0.3 is 12.4 Å². The molecule has 10 heteroatoms. The number of hydrogen-bond acceptors (Lipinski definition) is 3. The van der Waals surface area contributed by atoms with Crippen molar-refractivity contribution in [3.05, 3.63) is 30.0 Å². The van der Waals surface area contributed by atoms with Gasteiger partial charge < -0.3 is 0 Å². The van der Waals surface area contributed by atoms with Crippen LogP contribution in [0.1, 0.15) is 25.2 Å². The molecule has 0 atom stereocenters. The van der Waals surface area contributed by atoms with E-state index in [0.29, 0.717) is 10.9 Å². The predicted octanol–water partition coefficient (Wildman–Crippen LogP) is 4.26. The van der Waals surface area contributed by atoms with Gasteiger partial charge in [-0.05, 0) is 6.92 Å². The second-order valence-electron chi connectivity index (χ2n) is 4.22. The molecule has 2 heterocycles. The molecule has 0 unspecified atom stereocenters. The van der Waals surface area contributed by atoms with Crippen LogP contribution in [-0.2, 0) is 12.7 Å². The molecule has 4 nitrogen and oxygen atoms in total. The normalized spacial score (nSPS) is 11.9. The number of aryl methyl sites for hydroxylation is 1. The molecule has 2 aromatic heterocycles. The molecule has 128 valence electrons. The first-order valence-corrected chi connectivity index (χ1v) is 6.57. The first kappa shape index (κ1) is 18.9. The second kappa shape index (κ2) is 6.97. The maximum atomic E-state index is 12.9. The average Bonchev–Trinajstić information content (AvgIpc) is 2.85. The van der Waals surface area contributed by atoms with E-state index in [-0.39, 0.29) is 11.4 Å². The molecule has 0 bridgehead atoms. The lowest BCUT2D eigenvalue weighted by molar-refractivity contribution is -0.142. The highest BCUT2D eigenvalue weighted by molar-refractivity contribution is 5.61. The number of alkyl halides is 6. The first-order valence-electron chi connectivity index (χ1n) is 6.57. The van der Waals surface area contributed by atoms with Gasteiger partial charge in [-0.15, -0.1) is 0 Å². The van der Waals surface area contributed by atoms with Crippen molar-refractivity contribution in [1.29, 1.82) is 0 Å². The Morgan fingerprint density at radius 1 is 1.04 bits per heavy atom. The van der Waals surface area contributed by atoms with Gasteiger partial charge in [0.25, 0.3) is 0 Å². The smallest absolute Gasteiger partial charge is 0.263 e. The second-order valence-corrected chi connectivity index (χ2v) is 4.22. The van der Waals surface area contributed by atoms with Crippen molar-refractivity contribution >= 4 is 0 Å². The van der Waals surface area contributed by atoms with Crippen LogP contribution in [0.4, 0.5) is 26.3 Å². The maximum absolute atomic E-state index is 12.9. The summed E-state index contributed by atoms with van der Waals surface area (Å²) in [6.07, 6.45) is -6.86. The fourth-order valence-corrected chi connectivity index (χ4v) is 1.65. The molecular weight excluding hydrogens is 326 g/mol. The highest BCUT2D eigenvalue weighted by Crippen LogP contribution is 2.35. The highest BCUT2D eigenvalue weighted by atomic mass is 19.4. The monoisotopic (exact) mass is 340 g/mol. The van der Waals surface area contributed by atoms with Crippen LogP contribution in [0.25, 0.3) is 11.3 Å². The van der Waals surface area contributed by atoms with Crippen LogP contribution in [0.5, 0.6) is 0 Å². The number of hydrogen-bond donors (Lipinski definition) is 0. The van der Waals surface area contributed by atoms with Gasteiger partial charge in [0.15, 0.2) is 0 Å². The molecule has 0 saturated heterocycles. The van der Waals surface area contributed by atoms with Gasteiger partial charge in [0, 0.05) is 18.0 Å². The minimum Gasteiger partial charge on any atom is -0.263 e. The van der Waals surface area contributed by atoms with E-state index in [2.05, 4.69) is 15.1 Å². The van der Waals surface area contributed by atoms with E-state index < -0.39 is 30.2 Å². The van der Waals surface area contributed by atoms with Crippen LogP contribution in [0.2, 0.25) is 0 Å². The van der Waals surface area contributed by atoms with Crippen LogP contribution in [0.3, 0.4) is 0 Å². The summed E-state index contributed by atoms with van der Waals surface area (Å²) in [6, 6.07) is 0. The summed E-state index contributed by atoms with van der Waals surface area (Å²) in [4.78, 5) is 7.11. The summed E-state index contributed by atoms with van der Waals surface area (Å²) in [6.45, 7) is 3.99. The lowest BCUT2D eigenvalue weighted by atomic mass is 10.1. The minimum absolute atomic E-state index is 0.0709. The lowest BCUT2D eigenvalue weighted by Crippen LogP contribution is -2.17. The van der Waals surface area contributed by atoms with Gasteiger partial charge in [0.05, 0.1) is 11.9 Å². The lowest BCUT2D eigenvalue weighted by Gasteiger charge is -2.10. The zero-order valence-electron chi connectivity index (χ0n) is 12.5. The summed E-state index contributed by atoms with van der Waals surface area (Å²) >= 11 is 0.